The number of nitrogens with one attached hydrogen (secondary N) is 1. The Morgan fingerprint density at radius 1 is 1.44 bits per heavy atom. The topological polar surface area (TPSA) is 39.0 Å². The molecule has 1 heterocycles. The summed E-state index contributed by atoms with van der Waals surface area (Å²) in [6, 6.07) is 0.880. The zero-order chi connectivity index (χ0) is 11.5. The third-order valence-corrected chi connectivity index (χ3v) is 3.22. The first kappa shape index (κ1) is 11.5. The van der Waals surface area contributed by atoms with E-state index in [-0.39, 0.29) is 5.69 Å². The Balaban J connectivity index is 2.05. The normalized spacial score (nSPS) is 17.6. The van der Waals surface area contributed by atoms with E-state index in [9.17, 15) is 4.79 Å². The smallest absolute Gasteiger partial charge is 0.312 e. The van der Waals surface area contributed by atoms with E-state index in [1.807, 2.05) is 21.5 Å². The molecule has 0 aromatic carbocycles. The second-order valence-corrected chi connectivity index (χ2v) is 4.53. The maximum atomic E-state index is 12.0. The van der Waals surface area contributed by atoms with E-state index in [1.165, 1.54) is 0 Å². The number of nitrogens with zero attached hydrogens (tertiary/aromatic N) is 2. The summed E-state index contributed by atoms with van der Waals surface area (Å²) in [5.41, 5.74) is 0.152. The minimum absolute atomic E-state index is 0.152. The second-order valence-electron chi connectivity index (χ2n) is 4.53. The average molecular weight is 223 g/mol. The van der Waals surface area contributed by atoms with Gasteiger partial charge in [0.05, 0.1) is 0 Å². The van der Waals surface area contributed by atoms with Gasteiger partial charge in [0.1, 0.15) is 0 Å². The Kier molecular flexibility index (Phi) is 3.49. The van der Waals surface area contributed by atoms with Crippen molar-refractivity contribution in [3.8, 4) is 0 Å². The SMILES string of the molecule is CCNC(CC)Cn1ccn(C2CC2)c1=O. The van der Waals surface area contributed by atoms with E-state index < -0.39 is 0 Å². The van der Waals surface area contributed by atoms with Crippen molar-refractivity contribution in [3.05, 3.63) is 22.9 Å². The number of hydrogen-bond acceptors (Lipinski definition) is 2. The van der Waals surface area contributed by atoms with Crippen molar-refractivity contribution in [2.45, 2.75) is 51.7 Å². The minimum Gasteiger partial charge on any atom is -0.312 e. The highest BCUT2D eigenvalue weighted by Crippen LogP contribution is 2.33. The van der Waals surface area contributed by atoms with Gasteiger partial charge in [0.2, 0.25) is 0 Å². The molecule has 1 aromatic rings. The van der Waals surface area contributed by atoms with Crippen molar-refractivity contribution in [1.29, 1.82) is 0 Å². The Labute approximate surface area is 96.3 Å². The lowest BCUT2D eigenvalue weighted by Crippen LogP contribution is -2.36. The molecular formula is C12H21N3O. The molecule has 90 valence electrons. The van der Waals surface area contributed by atoms with Crippen LogP contribution in [0, 0.1) is 0 Å². The van der Waals surface area contributed by atoms with Gasteiger partial charge in [-0.15, -0.1) is 0 Å². The van der Waals surface area contributed by atoms with Crippen LogP contribution in [0.1, 0.15) is 39.2 Å². The maximum absolute atomic E-state index is 12.0. The van der Waals surface area contributed by atoms with Crippen molar-refractivity contribution in [3.63, 3.8) is 0 Å². The molecule has 2 rings (SSSR count). The van der Waals surface area contributed by atoms with E-state index >= 15 is 0 Å². The predicted octanol–water partition coefficient (Wildman–Crippen LogP) is 1.37. The van der Waals surface area contributed by atoms with Gasteiger partial charge in [-0.25, -0.2) is 4.79 Å². The van der Waals surface area contributed by atoms with E-state index in [2.05, 4.69) is 19.2 Å². The Morgan fingerprint density at radius 2 is 2.19 bits per heavy atom. The molecule has 1 aromatic heterocycles. The molecular weight excluding hydrogens is 202 g/mol. The van der Waals surface area contributed by atoms with Gasteiger partial charge in [-0.2, -0.15) is 0 Å². The average Bonchev–Trinajstić information content (AvgIpc) is 3.05. The van der Waals surface area contributed by atoms with Crippen LogP contribution in [0.25, 0.3) is 0 Å². The van der Waals surface area contributed by atoms with Gasteiger partial charge in [-0.05, 0) is 25.8 Å². The van der Waals surface area contributed by atoms with E-state index in [1.54, 1.807) is 0 Å². The summed E-state index contributed by atoms with van der Waals surface area (Å²) < 4.78 is 3.70. The zero-order valence-corrected chi connectivity index (χ0v) is 10.1. The fourth-order valence-corrected chi connectivity index (χ4v) is 2.06. The summed E-state index contributed by atoms with van der Waals surface area (Å²) in [5, 5.41) is 3.39. The summed E-state index contributed by atoms with van der Waals surface area (Å²) in [7, 11) is 0. The summed E-state index contributed by atoms with van der Waals surface area (Å²) >= 11 is 0. The monoisotopic (exact) mass is 223 g/mol. The van der Waals surface area contributed by atoms with Crippen LogP contribution in [0.5, 0.6) is 0 Å². The lowest BCUT2D eigenvalue weighted by Gasteiger charge is -2.15. The van der Waals surface area contributed by atoms with E-state index in [4.69, 9.17) is 0 Å². The Hall–Kier alpha value is -1.03. The lowest BCUT2D eigenvalue weighted by atomic mass is 10.2. The largest absolute Gasteiger partial charge is 0.328 e. The molecule has 1 aliphatic carbocycles. The highest BCUT2D eigenvalue weighted by molar-refractivity contribution is 4.91. The van der Waals surface area contributed by atoms with Crippen molar-refractivity contribution < 1.29 is 0 Å². The standard InChI is InChI=1S/C12H21N3O/c1-3-10(13-4-2)9-14-7-8-15(12(14)16)11-5-6-11/h7-8,10-11,13H,3-6,9H2,1-2H3. The quantitative estimate of drug-likeness (QED) is 0.791. The van der Waals surface area contributed by atoms with Gasteiger partial charge < -0.3 is 5.32 Å². The molecule has 0 spiro atoms. The molecule has 1 unspecified atom stereocenters. The predicted molar refractivity (Wildman–Crippen MR) is 64.7 cm³/mol. The number of imidazole rings is 1. The maximum Gasteiger partial charge on any atom is 0.328 e. The third-order valence-electron chi connectivity index (χ3n) is 3.22. The Morgan fingerprint density at radius 3 is 2.75 bits per heavy atom. The summed E-state index contributed by atoms with van der Waals surface area (Å²) in [4.78, 5) is 12.0. The van der Waals surface area contributed by atoms with Crippen LogP contribution in [0.2, 0.25) is 0 Å². The molecule has 4 heteroatoms. The highest BCUT2D eigenvalue weighted by atomic mass is 16.1. The van der Waals surface area contributed by atoms with Crippen molar-refractivity contribution in [2.75, 3.05) is 6.54 Å². The zero-order valence-electron chi connectivity index (χ0n) is 10.1. The van der Waals surface area contributed by atoms with Gasteiger partial charge in [-0.3, -0.25) is 9.13 Å². The second kappa shape index (κ2) is 4.87. The molecule has 1 atom stereocenters. The molecule has 1 aliphatic rings. The van der Waals surface area contributed by atoms with Crippen LogP contribution in [0.15, 0.2) is 17.2 Å². The summed E-state index contributed by atoms with van der Waals surface area (Å²) in [6.07, 6.45) is 7.22. The fourth-order valence-electron chi connectivity index (χ4n) is 2.06. The third kappa shape index (κ3) is 2.38. The van der Waals surface area contributed by atoms with Gasteiger partial charge >= 0.3 is 5.69 Å². The van der Waals surface area contributed by atoms with Gasteiger partial charge in [0, 0.05) is 31.0 Å². The lowest BCUT2D eigenvalue weighted by molar-refractivity contribution is 0.436. The molecule has 1 saturated carbocycles. The van der Waals surface area contributed by atoms with E-state index in [0.717, 1.165) is 32.4 Å². The van der Waals surface area contributed by atoms with Crippen LogP contribution in [0.3, 0.4) is 0 Å². The minimum atomic E-state index is 0.152. The van der Waals surface area contributed by atoms with Gasteiger partial charge in [-0.1, -0.05) is 13.8 Å². The van der Waals surface area contributed by atoms with Crippen LogP contribution in [-0.4, -0.2) is 21.7 Å². The molecule has 0 amide bonds. The summed E-state index contributed by atoms with van der Waals surface area (Å²) in [5.74, 6) is 0. The van der Waals surface area contributed by atoms with E-state index in [0.29, 0.717) is 12.1 Å². The first-order chi connectivity index (χ1) is 7.76. The molecule has 0 aliphatic heterocycles. The van der Waals surface area contributed by atoms with Crippen molar-refractivity contribution in [2.24, 2.45) is 0 Å². The molecule has 1 fully saturated rings. The Bertz CT molecular complexity index is 389. The van der Waals surface area contributed by atoms with Crippen LogP contribution in [0.4, 0.5) is 0 Å². The summed E-state index contributed by atoms with van der Waals surface area (Å²) in [6.45, 7) is 5.98. The number of hydrogen-bond donors (Lipinski definition) is 1. The first-order valence-electron chi connectivity index (χ1n) is 6.26. The molecule has 16 heavy (non-hydrogen) atoms. The van der Waals surface area contributed by atoms with Crippen molar-refractivity contribution >= 4 is 0 Å². The molecule has 0 radical (unpaired) electrons. The molecule has 0 bridgehead atoms. The fraction of sp³-hybridized carbons (Fsp3) is 0.750. The molecule has 1 N–H and O–H groups in total. The van der Waals surface area contributed by atoms with Crippen LogP contribution >= 0.6 is 0 Å². The number of aromatic nitrogens is 2. The van der Waals surface area contributed by atoms with Crippen LogP contribution < -0.4 is 11.0 Å². The van der Waals surface area contributed by atoms with Crippen molar-refractivity contribution in [1.82, 2.24) is 14.5 Å². The van der Waals surface area contributed by atoms with Gasteiger partial charge in [0.15, 0.2) is 0 Å². The van der Waals surface area contributed by atoms with Crippen LogP contribution in [-0.2, 0) is 6.54 Å². The highest BCUT2D eigenvalue weighted by Gasteiger charge is 2.25. The molecule has 4 nitrogen and oxygen atoms in total. The molecule has 0 saturated heterocycles. The number of rotatable bonds is 6. The first-order valence-corrected chi connectivity index (χ1v) is 6.26. The van der Waals surface area contributed by atoms with Gasteiger partial charge in [0.25, 0.3) is 0 Å². The number of likely N-dealkylation sites (N-methyl/N-ethyl adjacent to an activating group) is 1.